The molecule has 0 bridgehead atoms. The molecule has 318 valence electrons. The topological polar surface area (TPSA) is 202 Å². The number of ether oxygens (including phenoxy) is 5. The number of esters is 2. The maximum absolute atomic E-state index is 14.8. The standard InChI is InChI=1S/C43H68O13/c1-21-11-16-43(38(51)56-37-34(50)35(53-23(3)45)32(48)26(19-44)54-37)18-17-41(7)24(30(43)22(21)2)9-10-28-40(6)14-13-29(39(4,5)27(40)12-15-42(28,41)8)55-36-33(49)31(47)25(46)20-52-36/h9,21-22,25-37,44,46-50H,10-20H2,1-8H3/t21-,22+,25+,26-,27-,28+,29+,30+,31+,32-,33-,34-,35+,36-,37+,40+,41-,42-,43+/m0/s1. The van der Waals surface area contributed by atoms with Crippen molar-refractivity contribution in [2.45, 2.75) is 175 Å². The van der Waals surface area contributed by atoms with Crippen LogP contribution in [0.15, 0.2) is 11.6 Å². The fraction of sp³-hybridized carbons (Fsp3) is 0.907. The van der Waals surface area contributed by atoms with Gasteiger partial charge in [-0.3, -0.25) is 9.59 Å². The van der Waals surface area contributed by atoms with Gasteiger partial charge in [-0.15, -0.1) is 0 Å². The Kier molecular flexibility index (Phi) is 11.2. The SMILES string of the molecule is CC(=O)O[C@H]1[C@H](O)[C@@H](OC(=O)[C@@]23CC[C@H](C)[C@@H](C)[C@@H]2C2=CC[C@@H]4[C@]5(C)CC[C@@H](O[C@@H]6OC[C@@H](O)[C@@H](O)[C@@H]6O)C(C)(C)[C@@H]5CC[C@]4(C)[C@@]2(C)CC3)O[C@@H](CO)[C@@H]1O. The molecule has 6 N–H and O–H groups in total. The summed E-state index contributed by atoms with van der Waals surface area (Å²) in [5.74, 6) is -0.0344. The number of aliphatic hydroxyl groups is 6. The normalized spacial score (nSPS) is 52.6. The van der Waals surface area contributed by atoms with Gasteiger partial charge in [0.1, 0.15) is 30.5 Å². The van der Waals surface area contributed by atoms with Crippen molar-refractivity contribution in [2.75, 3.05) is 13.2 Å². The van der Waals surface area contributed by atoms with E-state index in [0.717, 1.165) is 51.9 Å². The van der Waals surface area contributed by atoms with Crippen LogP contribution in [0.25, 0.3) is 0 Å². The number of aliphatic hydroxyl groups excluding tert-OH is 6. The van der Waals surface area contributed by atoms with Crippen molar-refractivity contribution in [3.63, 3.8) is 0 Å². The van der Waals surface area contributed by atoms with Crippen LogP contribution >= 0.6 is 0 Å². The highest BCUT2D eigenvalue weighted by Crippen LogP contribution is 2.76. The molecule has 0 aromatic rings. The Labute approximate surface area is 331 Å². The van der Waals surface area contributed by atoms with Gasteiger partial charge in [-0.2, -0.15) is 0 Å². The van der Waals surface area contributed by atoms with Crippen LogP contribution < -0.4 is 0 Å². The van der Waals surface area contributed by atoms with Crippen molar-refractivity contribution < 1.29 is 63.9 Å². The molecular weight excluding hydrogens is 724 g/mol. The van der Waals surface area contributed by atoms with Gasteiger partial charge < -0.3 is 54.3 Å². The predicted octanol–water partition coefficient (Wildman–Crippen LogP) is 3.38. The summed E-state index contributed by atoms with van der Waals surface area (Å²) in [5.41, 5.74) is -0.0378. The average Bonchev–Trinajstić information content (AvgIpc) is 3.14. The molecule has 5 aliphatic carbocycles. The number of hydrogen-bond acceptors (Lipinski definition) is 13. The summed E-state index contributed by atoms with van der Waals surface area (Å²) in [5, 5.41) is 62.9. The highest BCUT2D eigenvalue weighted by atomic mass is 16.7. The molecule has 0 radical (unpaired) electrons. The van der Waals surface area contributed by atoms with Crippen molar-refractivity contribution in [1.29, 1.82) is 0 Å². The van der Waals surface area contributed by atoms with Crippen molar-refractivity contribution >= 4 is 11.9 Å². The van der Waals surface area contributed by atoms with Crippen molar-refractivity contribution in [3.05, 3.63) is 11.6 Å². The Bertz CT molecular complexity index is 1530. The minimum atomic E-state index is -1.64. The lowest BCUT2D eigenvalue weighted by molar-refractivity contribution is -0.308. The first-order chi connectivity index (χ1) is 26.2. The summed E-state index contributed by atoms with van der Waals surface area (Å²) in [6.45, 7) is 16.9. The zero-order valence-electron chi connectivity index (χ0n) is 34.6. The maximum atomic E-state index is 14.8. The minimum absolute atomic E-state index is 0.0111. The molecular formula is C43H68O13. The highest BCUT2D eigenvalue weighted by Gasteiger charge is 2.70. The second-order valence-electron chi connectivity index (χ2n) is 20.2. The Balaban J connectivity index is 1.16. The molecule has 4 saturated carbocycles. The third kappa shape index (κ3) is 6.26. The van der Waals surface area contributed by atoms with E-state index in [1.165, 1.54) is 5.57 Å². The number of fused-ring (bicyclic) bond motifs is 7. The molecule has 0 unspecified atom stereocenters. The summed E-state index contributed by atoms with van der Waals surface area (Å²) in [6, 6.07) is 0. The van der Waals surface area contributed by atoms with E-state index < -0.39 is 79.3 Å². The second kappa shape index (κ2) is 14.8. The number of carbonyl (C=O) groups is 2. The van der Waals surface area contributed by atoms with Crippen LogP contribution in [0.4, 0.5) is 0 Å². The van der Waals surface area contributed by atoms with E-state index in [-0.39, 0.29) is 46.2 Å². The first-order valence-electron chi connectivity index (χ1n) is 21.2. The number of carbonyl (C=O) groups excluding carboxylic acids is 2. The molecule has 13 nitrogen and oxygen atoms in total. The molecule has 2 saturated heterocycles. The summed E-state index contributed by atoms with van der Waals surface area (Å²) in [4.78, 5) is 26.6. The largest absolute Gasteiger partial charge is 0.457 e. The summed E-state index contributed by atoms with van der Waals surface area (Å²) in [7, 11) is 0. The molecule has 0 aromatic carbocycles. The van der Waals surface area contributed by atoms with Crippen molar-refractivity contribution in [2.24, 2.45) is 56.7 Å². The lowest BCUT2D eigenvalue weighted by Gasteiger charge is -2.71. The quantitative estimate of drug-likeness (QED) is 0.130. The molecule has 0 aromatic heterocycles. The Morgan fingerprint density at radius 2 is 1.54 bits per heavy atom. The summed E-state index contributed by atoms with van der Waals surface area (Å²) < 4.78 is 29.3. The van der Waals surface area contributed by atoms with E-state index in [1.54, 1.807) is 0 Å². The lowest BCUT2D eigenvalue weighted by Crippen LogP contribution is -2.66. The van der Waals surface area contributed by atoms with Gasteiger partial charge >= 0.3 is 11.9 Å². The zero-order chi connectivity index (χ0) is 40.9. The van der Waals surface area contributed by atoms with Gasteiger partial charge in [0.15, 0.2) is 18.5 Å². The smallest absolute Gasteiger partial charge is 0.315 e. The number of hydrogen-bond donors (Lipinski definition) is 6. The summed E-state index contributed by atoms with van der Waals surface area (Å²) in [6.07, 6.45) is -2.38. The van der Waals surface area contributed by atoms with Crippen LogP contribution in [0, 0.1) is 56.7 Å². The van der Waals surface area contributed by atoms with Crippen LogP contribution in [0.2, 0.25) is 0 Å². The van der Waals surface area contributed by atoms with Gasteiger partial charge in [-0.05, 0) is 109 Å². The molecule has 7 rings (SSSR count). The monoisotopic (exact) mass is 792 g/mol. The molecule has 19 atom stereocenters. The Hall–Kier alpha value is -1.68. The van der Waals surface area contributed by atoms with Crippen LogP contribution in [-0.4, -0.2) is 117 Å². The van der Waals surface area contributed by atoms with Gasteiger partial charge in [-0.1, -0.05) is 60.1 Å². The molecule has 2 heterocycles. The third-order valence-electron chi connectivity index (χ3n) is 17.4. The lowest BCUT2D eigenvalue weighted by atomic mass is 9.33. The van der Waals surface area contributed by atoms with Crippen LogP contribution in [0.3, 0.4) is 0 Å². The zero-order valence-corrected chi connectivity index (χ0v) is 34.6. The second-order valence-corrected chi connectivity index (χ2v) is 20.2. The molecule has 13 heteroatoms. The molecule has 7 aliphatic rings. The minimum Gasteiger partial charge on any atom is -0.457 e. The van der Waals surface area contributed by atoms with Crippen molar-refractivity contribution in [1.82, 2.24) is 0 Å². The summed E-state index contributed by atoms with van der Waals surface area (Å²) >= 11 is 0. The third-order valence-corrected chi connectivity index (χ3v) is 17.4. The van der Waals surface area contributed by atoms with Crippen LogP contribution in [-0.2, 0) is 33.3 Å². The molecule has 2 aliphatic heterocycles. The predicted molar refractivity (Wildman–Crippen MR) is 201 cm³/mol. The first kappa shape index (κ1) is 42.4. The van der Waals surface area contributed by atoms with Crippen LogP contribution in [0.1, 0.15) is 113 Å². The van der Waals surface area contributed by atoms with E-state index in [2.05, 4.69) is 54.5 Å². The molecule has 0 spiro atoms. The van der Waals surface area contributed by atoms with Crippen LogP contribution in [0.5, 0.6) is 0 Å². The van der Waals surface area contributed by atoms with E-state index in [9.17, 15) is 40.2 Å². The Morgan fingerprint density at radius 1 is 0.821 bits per heavy atom. The van der Waals surface area contributed by atoms with Crippen molar-refractivity contribution in [3.8, 4) is 0 Å². The van der Waals surface area contributed by atoms with E-state index in [0.29, 0.717) is 30.6 Å². The fourth-order valence-electron chi connectivity index (χ4n) is 13.8. The maximum Gasteiger partial charge on any atom is 0.315 e. The van der Waals surface area contributed by atoms with E-state index in [4.69, 9.17) is 23.7 Å². The van der Waals surface area contributed by atoms with Gasteiger partial charge in [0.25, 0.3) is 0 Å². The van der Waals surface area contributed by atoms with E-state index >= 15 is 0 Å². The van der Waals surface area contributed by atoms with E-state index in [1.807, 2.05) is 0 Å². The van der Waals surface area contributed by atoms with Gasteiger partial charge in [0.2, 0.25) is 6.29 Å². The fourth-order valence-corrected chi connectivity index (χ4v) is 13.8. The molecule has 56 heavy (non-hydrogen) atoms. The van der Waals surface area contributed by atoms with Gasteiger partial charge in [-0.25, -0.2) is 0 Å². The molecule has 0 amide bonds. The Morgan fingerprint density at radius 3 is 2.21 bits per heavy atom. The van der Waals surface area contributed by atoms with Gasteiger partial charge in [0, 0.05) is 6.92 Å². The highest BCUT2D eigenvalue weighted by molar-refractivity contribution is 5.79. The molecule has 6 fully saturated rings. The first-order valence-corrected chi connectivity index (χ1v) is 21.2. The van der Waals surface area contributed by atoms with Gasteiger partial charge in [0.05, 0.1) is 24.7 Å². The average molecular weight is 793 g/mol. The number of allylic oxidation sites excluding steroid dienone is 2. The number of rotatable bonds is 6.